The van der Waals surface area contributed by atoms with Crippen LogP contribution < -0.4 is 0 Å². The highest BCUT2D eigenvalue weighted by Gasteiger charge is 2.47. The molecular weight excluding hydrogens is 609 g/mol. The quantitative estimate of drug-likeness (QED) is 0.286. The third-order valence-corrected chi connectivity index (χ3v) is 10.3. The van der Waals surface area contributed by atoms with E-state index >= 15 is 0 Å². The number of para-hydroxylation sites is 1. The van der Waals surface area contributed by atoms with Crippen LogP contribution in [0.1, 0.15) is 66.2 Å². The van der Waals surface area contributed by atoms with Crippen LogP contribution in [0.2, 0.25) is 10.0 Å². The normalized spacial score (nSPS) is 18.0. The number of carbonyl (C=O) groups excluding carboxylic acids is 2. The zero-order valence-electron chi connectivity index (χ0n) is 26.9. The van der Waals surface area contributed by atoms with Crippen molar-refractivity contribution in [1.82, 2.24) is 34.6 Å². The first-order valence-corrected chi connectivity index (χ1v) is 16.7. The van der Waals surface area contributed by atoms with E-state index in [2.05, 4.69) is 20.1 Å². The number of likely N-dealkylation sites (N-methyl/N-ethyl adjacent to an activating group) is 2. The van der Waals surface area contributed by atoms with E-state index in [9.17, 15) is 9.59 Å². The van der Waals surface area contributed by atoms with Gasteiger partial charge in [-0.05, 0) is 88.5 Å². The first kappa shape index (κ1) is 33.4. The number of benzene rings is 2. The standard InChI is InChI=1S/C34H45Cl2N7O2/c1-25-31(37-38-43(25)28-11-7-5-8-12-28)32(44)40(4)24-27(26-13-14-29(35)30(36)23-26)15-20-41-21-16-34(17-22-41,33(45)39(2)3)42-18-9-6-10-19-42/h5,7-8,11-14,23,27H,6,9-10,15-22,24H2,1-4H3. The molecule has 0 N–H and O–H groups in total. The van der Waals surface area contributed by atoms with Crippen LogP contribution in [0.15, 0.2) is 48.5 Å². The van der Waals surface area contributed by atoms with Crippen molar-refractivity contribution < 1.29 is 9.59 Å². The van der Waals surface area contributed by atoms with Gasteiger partial charge in [0, 0.05) is 46.7 Å². The minimum absolute atomic E-state index is 0.0235. The molecule has 5 rings (SSSR count). The first-order chi connectivity index (χ1) is 21.6. The second-order valence-electron chi connectivity index (χ2n) is 12.7. The third kappa shape index (κ3) is 7.38. The molecule has 0 aliphatic carbocycles. The van der Waals surface area contributed by atoms with Crippen LogP contribution in [0, 0.1) is 6.92 Å². The Morgan fingerprint density at radius 1 is 0.933 bits per heavy atom. The predicted octanol–water partition coefficient (Wildman–Crippen LogP) is 5.54. The van der Waals surface area contributed by atoms with Crippen LogP contribution in [0.3, 0.4) is 0 Å². The fraction of sp³-hybridized carbons (Fsp3) is 0.529. The summed E-state index contributed by atoms with van der Waals surface area (Å²) in [6.45, 7) is 6.92. The van der Waals surface area contributed by atoms with Crippen molar-refractivity contribution in [2.45, 2.75) is 56.9 Å². The summed E-state index contributed by atoms with van der Waals surface area (Å²) in [5, 5.41) is 9.53. The molecule has 1 unspecified atom stereocenters. The van der Waals surface area contributed by atoms with E-state index in [1.54, 1.807) is 14.5 Å². The second kappa shape index (κ2) is 14.6. The molecule has 2 fully saturated rings. The zero-order chi connectivity index (χ0) is 32.1. The minimum atomic E-state index is -0.411. The average molecular weight is 655 g/mol. The van der Waals surface area contributed by atoms with Crippen molar-refractivity contribution in [2.24, 2.45) is 0 Å². The molecule has 3 heterocycles. The maximum absolute atomic E-state index is 13.7. The Bertz CT molecular complexity index is 1460. The van der Waals surface area contributed by atoms with Crippen molar-refractivity contribution >= 4 is 35.0 Å². The van der Waals surface area contributed by atoms with Crippen LogP contribution in [0.25, 0.3) is 5.69 Å². The molecule has 2 amide bonds. The van der Waals surface area contributed by atoms with Gasteiger partial charge in [0.2, 0.25) is 5.91 Å². The summed E-state index contributed by atoms with van der Waals surface area (Å²) < 4.78 is 1.69. The van der Waals surface area contributed by atoms with E-state index in [1.165, 1.54) is 6.42 Å². The van der Waals surface area contributed by atoms with Gasteiger partial charge in [-0.15, -0.1) is 5.10 Å². The highest BCUT2D eigenvalue weighted by molar-refractivity contribution is 6.42. The number of aromatic nitrogens is 3. The Balaban J connectivity index is 1.28. The Kier molecular flexibility index (Phi) is 10.9. The lowest BCUT2D eigenvalue weighted by Crippen LogP contribution is -2.64. The van der Waals surface area contributed by atoms with E-state index in [0.717, 1.165) is 76.1 Å². The molecule has 2 saturated heterocycles. The number of piperidine rings is 2. The maximum Gasteiger partial charge on any atom is 0.276 e. The SMILES string of the molecule is Cc1c(C(=O)N(C)CC(CCN2CCC(C(=O)N(C)C)(N3CCCCC3)CC2)c2ccc(Cl)c(Cl)c2)nnn1-c1ccccc1. The van der Waals surface area contributed by atoms with Gasteiger partial charge in [0.05, 0.1) is 21.4 Å². The Morgan fingerprint density at radius 3 is 2.27 bits per heavy atom. The molecule has 0 spiro atoms. The van der Waals surface area contributed by atoms with Crippen LogP contribution in [0.5, 0.6) is 0 Å². The van der Waals surface area contributed by atoms with Gasteiger partial charge in [0.1, 0.15) is 5.54 Å². The number of halogens is 2. The fourth-order valence-corrected chi connectivity index (χ4v) is 7.26. The highest BCUT2D eigenvalue weighted by atomic mass is 35.5. The van der Waals surface area contributed by atoms with Crippen molar-refractivity contribution in [3.8, 4) is 5.69 Å². The van der Waals surface area contributed by atoms with Gasteiger partial charge < -0.3 is 14.7 Å². The van der Waals surface area contributed by atoms with Gasteiger partial charge in [-0.25, -0.2) is 4.68 Å². The van der Waals surface area contributed by atoms with E-state index in [1.807, 2.05) is 76.6 Å². The molecular formula is C34H45Cl2N7O2. The number of hydrogen-bond donors (Lipinski definition) is 0. The monoisotopic (exact) mass is 653 g/mol. The van der Waals surface area contributed by atoms with Crippen LogP contribution in [-0.4, -0.2) is 112 Å². The lowest BCUT2D eigenvalue weighted by Gasteiger charge is -2.50. The van der Waals surface area contributed by atoms with Crippen LogP contribution in [-0.2, 0) is 4.79 Å². The number of nitrogens with zero attached hydrogens (tertiary/aromatic N) is 7. The minimum Gasteiger partial charge on any atom is -0.347 e. The summed E-state index contributed by atoms with van der Waals surface area (Å²) in [6, 6.07) is 15.4. The first-order valence-electron chi connectivity index (χ1n) is 16.0. The third-order valence-electron chi connectivity index (χ3n) is 9.60. The molecule has 9 nitrogen and oxygen atoms in total. The summed E-state index contributed by atoms with van der Waals surface area (Å²) in [5.74, 6) is 0.0824. The van der Waals surface area contributed by atoms with Crippen LogP contribution in [0.4, 0.5) is 0 Å². The molecule has 2 aromatic carbocycles. The lowest BCUT2D eigenvalue weighted by molar-refractivity contribution is -0.147. The zero-order valence-corrected chi connectivity index (χ0v) is 28.4. The predicted molar refractivity (Wildman–Crippen MR) is 179 cm³/mol. The number of rotatable bonds is 10. The van der Waals surface area contributed by atoms with E-state index in [4.69, 9.17) is 23.2 Å². The number of hydrogen-bond acceptors (Lipinski definition) is 6. The van der Waals surface area contributed by atoms with Gasteiger partial charge in [0.15, 0.2) is 5.69 Å². The van der Waals surface area contributed by atoms with Crippen molar-refractivity contribution in [2.75, 3.05) is 60.4 Å². The van der Waals surface area contributed by atoms with Gasteiger partial charge in [-0.1, -0.05) is 59.1 Å². The molecule has 0 radical (unpaired) electrons. The molecule has 1 aromatic heterocycles. The van der Waals surface area contributed by atoms with Gasteiger partial charge >= 0.3 is 0 Å². The lowest BCUT2D eigenvalue weighted by atomic mass is 9.82. The Hall–Kier alpha value is -2.98. The molecule has 0 bridgehead atoms. The summed E-state index contributed by atoms with van der Waals surface area (Å²) in [6.07, 6.45) is 6.04. The fourth-order valence-electron chi connectivity index (χ4n) is 6.95. The smallest absolute Gasteiger partial charge is 0.276 e. The molecule has 3 aromatic rings. The van der Waals surface area contributed by atoms with Crippen molar-refractivity contribution in [1.29, 1.82) is 0 Å². The van der Waals surface area contributed by atoms with E-state index in [-0.39, 0.29) is 17.7 Å². The number of likely N-dealkylation sites (tertiary alicyclic amines) is 2. The van der Waals surface area contributed by atoms with Gasteiger partial charge in [-0.2, -0.15) is 0 Å². The summed E-state index contributed by atoms with van der Waals surface area (Å²) in [7, 11) is 5.57. The van der Waals surface area contributed by atoms with E-state index < -0.39 is 5.54 Å². The molecule has 11 heteroatoms. The molecule has 0 saturated carbocycles. The van der Waals surface area contributed by atoms with Gasteiger partial charge in [0.25, 0.3) is 5.91 Å². The van der Waals surface area contributed by atoms with Crippen molar-refractivity contribution in [3.63, 3.8) is 0 Å². The summed E-state index contributed by atoms with van der Waals surface area (Å²) in [5.41, 5.74) is 2.52. The molecule has 242 valence electrons. The van der Waals surface area contributed by atoms with Crippen molar-refractivity contribution in [3.05, 3.63) is 75.5 Å². The maximum atomic E-state index is 13.7. The Labute approximate surface area is 277 Å². The van der Waals surface area contributed by atoms with E-state index in [0.29, 0.717) is 28.0 Å². The van der Waals surface area contributed by atoms with Crippen LogP contribution >= 0.6 is 23.2 Å². The molecule has 2 aliphatic rings. The highest BCUT2D eigenvalue weighted by Crippen LogP contribution is 2.34. The molecule has 2 aliphatic heterocycles. The average Bonchev–Trinajstić information content (AvgIpc) is 3.45. The van der Waals surface area contributed by atoms with Gasteiger partial charge in [-0.3, -0.25) is 14.5 Å². The molecule has 1 atom stereocenters. The topological polar surface area (TPSA) is 77.8 Å². The summed E-state index contributed by atoms with van der Waals surface area (Å²) in [4.78, 5) is 35.6. The molecule has 45 heavy (non-hydrogen) atoms. The largest absolute Gasteiger partial charge is 0.347 e. The Morgan fingerprint density at radius 2 is 1.62 bits per heavy atom. The number of amides is 2. The second-order valence-corrected chi connectivity index (χ2v) is 13.6. The summed E-state index contributed by atoms with van der Waals surface area (Å²) >= 11 is 12.7. The number of carbonyl (C=O) groups is 2.